The lowest BCUT2D eigenvalue weighted by molar-refractivity contribution is -0.141. The van der Waals surface area contributed by atoms with Gasteiger partial charge in [0.15, 0.2) is 20.7 Å². The SMILES string of the molecule is CCS(=O)(=O)c1c(-c2nc3cc(C(F)(F)F)ncc3n2C)nc(N)n1C. The first-order valence-corrected chi connectivity index (χ1v) is 9.07. The van der Waals surface area contributed by atoms with Gasteiger partial charge in [0.2, 0.25) is 5.95 Å². The average Bonchev–Trinajstić information content (AvgIpc) is 3.04. The Kier molecular flexibility index (Phi) is 3.98. The highest BCUT2D eigenvalue weighted by Crippen LogP contribution is 2.33. The van der Waals surface area contributed by atoms with E-state index in [1.807, 2.05) is 0 Å². The molecule has 3 aromatic heterocycles. The Labute approximate surface area is 146 Å². The Balaban J connectivity index is 2.31. The first kappa shape index (κ1) is 18.2. The summed E-state index contributed by atoms with van der Waals surface area (Å²) in [5.41, 5.74) is 4.97. The third-order valence-corrected chi connectivity index (χ3v) is 5.84. The molecule has 0 fully saturated rings. The number of halogens is 3. The molecule has 0 bridgehead atoms. The fourth-order valence-electron chi connectivity index (χ4n) is 2.59. The number of rotatable bonds is 3. The monoisotopic (exact) mass is 388 g/mol. The minimum atomic E-state index is -4.61. The van der Waals surface area contributed by atoms with Crippen molar-refractivity contribution < 1.29 is 21.6 Å². The van der Waals surface area contributed by atoms with Crippen molar-refractivity contribution in [3.05, 3.63) is 18.0 Å². The van der Waals surface area contributed by atoms with E-state index in [1.165, 1.54) is 30.2 Å². The topological polar surface area (TPSA) is 109 Å². The van der Waals surface area contributed by atoms with Gasteiger partial charge in [-0.3, -0.25) is 0 Å². The first-order chi connectivity index (χ1) is 12.0. The molecule has 0 atom stereocenters. The molecule has 0 amide bonds. The maximum atomic E-state index is 12.9. The van der Waals surface area contributed by atoms with Gasteiger partial charge in [-0.25, -0.2) is 23.4 Å². The first-order valence-electron chi connectivity index (χ1n) is 7.42. The zero-order valence-corrected chi connectivity index (χ0v) is 14.9. The van der Waals surface area contributed by atoms with Crippen LogP contribution in [-0.2, 0) is 30.1 Å². The lowest BCUT2D eigenvalue weighted by Gasteiger charge is -2.06. The number of aryl methyl sites for hydroxylation is 1. The molecule has 0 aromatic carbocycles. The van der Waals surface area contributed by atoms with Crippen molar-refractivity contribution in [2.24, 2.45) is 14.1 Å². The Morgan fingerprint density at radius 3 is 2.42 bits per heavy atom. The number of sulfone groups is 1. The van der Waals surface area contributed by atoms with E-state index in [0.717, 1.165) is 12.3 Å². The van der Waals surface area contributed by atoms with Crippen LogP contribution in [0.2, 0.25) is 0 Å². The molecule has 12 heteroatoms. The van der Waals surface area contributed by atoms with Crippen LogP contribution in [0.25, 0.3) is 22.6 Å². The highest BCUT2D eigenvalue weighted by atomic mass is 32.2. The number of nitrogen functional groups attached to an aromatic ring is 1. The summed E-state index contributed by atoms with van der Waals surface area (Å²) in [5, 5.41) is -0.139. The molecule has 2 N–H and O–H groups in total. The molecule has 0 saturated heterocycles. The van der Waals surface area contributed by atoms with Crippen LogP contribution in [0.3, 0.4) is 0 Å². The molecule has 8 nitrogen and oxygen atoms in total. The van der Waals surface area contributed by atoms with Gasteiger partial charge in [-0.05, 0) is 6.07 Å². The fourth-order valence-corrected chi connectivity index (χ4v) is 3.81. The van der Waals surface area contributed by atoms with Crippen molar-refractivity contribution in [1.82, 2.24) is 24.1 Å². The number of nitrogens with two attached hydrogens (primary N) is 1. The number of fused-ring (bicyclic) bond motifs is 1. The molecule has 0 aliphatic heterocycles. The molecule has 0 aliphatic carbocycles. The molecule has 0 aliphatic rings. The van der Waals surface area contributed by atoms with Crippen LogP contribution in [0.5, 0.6) is 0 Å². The molecule has 140 valence electrons. The summed E-state index contributed by atoms with van der Waals surface area (Å²) in [5.74, 6) is -0.156. The molecular formula is C14H15F3N6O2S. The second-order valence-corrected chi connectivity index (χ2v) is 7.83. The summed E-state index contributed by atoms with van der Waals surface area (Å²) in [6, 6.07) is 0.805. The van der Waals surface area contributed by atoms with Gasteiger partial charge in [-0.15, -0.1) is 0 Å². The van der Waals surface area contributed by atoms with Crippen LogP contribution in [0.4, 0.5) is 19.1 Å². The lowest BCUT2D eigenvalue weighted by atomic mass is 10.3. The zero-order valence-electron chi connectivity index (χ0n) is 14.0. The van der Waals surface area contributed by atoms with Crippen molar-refractivity contribution in [3.8, 4) is 11.5 Å². The smallest absolute Gasteiger partial charge is 0.369 e. The minimum Gasteiger partial charge on any atom is -0.369 e. The Hall–Kier alpha value is -2.63. The van der Waals surface area contributed by atoms with Gasteiger partial charge in [0, 0.05) is 14.1 Å². The van der Waals surface area contributed by atoms with Gasteiger partial charge in [0.1, 0.15) is 11.4 Å². The van der Waals surface area contributed by atoms with Crippen LogP contribution < -0.4 is 5.73 Å². The Morgan fingerprint density at radius 2 is 1.85 bits per heavy atom. The number of aromatic nitrogens is 5. The Morgan fingerprint density at radius 1 is 1.19 bits per heavy atom. The van der Waals surface area contributed by atoms with Crippen molar-refractivity contribution in [2.45, 2.75) is 18.1 Å². The van der Waals surface area contributed by atoms with Gasteiger partial charge in [0.25, 0.3) is 0 Å². The molecule has 0 unspecified atom stereocenters. The van der Waals surface area contributed by atoms with Crippen molar-refractivity contribution in [1.29, 1.82) is 0 Å². The van der Waals surface area contributed by atoms with Crippen LogP contribution in [0.1, 0.15) is 12.6 Å². The van der Waals surface area contributed by atoms with E-state index in [9.17, 15) is 21.6 Å². The number of anilines is 1. The Bertz CT molecular complexity index is 1110. The number of nitrogens with zero attached hydrogens (tertiary/aromatic N) is 5. The quantitative estimate of drug-likeness (QED) is 0.732. The highest BCUT2D eigenvalue weighted by molar-refractivity contribution is 7.91. The number of hydrogen-bond acceptors (Lipinski definition) is 6. The molecule has 3 aromatic rings. The van der Waals surface area contributed by atoms with Crippen LogP contribution in [0, 0.1) is 0 Å². The third-order valence-electron chi connectivity index (χ3n) is 4.02. The summed E-state index contributed by atoms with van der Waals surface area (Å²) < 4.78 is 66.1. The van der Waals surface area contributed by atoms with E-state index in [1.54, 1.807) is 0 Å². The molecule has 0 radical (unpaired) electrons. The minimum absolute atomic E-state index is 0.0147. The van der Waals surface area contributed by atoms with Crippen LogP contribution in [0.15, 0.2) is 17.3 Å². The van der Waals surface area contributed by atoms with Gasteiger partial charge in [-0.1, -0.05) is 6.92 Å². The van der Waals surface area contributed by atoms with E-state index < -0.39 is 21.7 Å². The third kappa shape index (κ3) is 2.69. The molecule has 0 saturated carbocycles. The van der Waals surface area contributed by atoms with Gasteiger partial charge < -0.3 is 14.9 Å². The second kappa shape index (κ2) is 5.69. The average molecular weight is 388 g/mol. The van der Waals surface area contributed by atoms with Gasteiger partial charge >= 0.3 is 6.18 Å². The summed E-state index contributed by atoms with van der Waals surface area (Å²) in [6.45, 7) is 1.47. The zero-order chi connectivity index (χ0) is 19.4. The van der Waals surface area contributed by atoms with Crippen molar-refractivity contribution >= 4 is 26.8 Å². The van der Waals surface area contributed by atoms with E-state index >= 15 is 0 Å². The standard InChI is InChI=1S/C14H15F3N6O2S/c1-4-26(24,25)12-10(21-13(18)23(12)3)11-20-7-5-9(14(15,16)17)19-6-8(7)22(11)2/h5-6H,4H2,1-3H3,(H2,18,21). The number of imidazole rings is 2. The van der Waals surface area contributed by atoms with E-state index in [2.05, 4.69) is 15.0 Å². The summed E-state index contributed by atoms with van der Waals surface area (Å²) in [6.07, 6.45) is -3.58. The van der Waals surface area contributed by atoms with E-state index in [-0.39, 0.29) is 33.8 Å². The van der Waals surface area contributed by atoms with Crippen LogP contribution in [-0.4, -0.2) is 38.3 Å². The molecular weight excluding hydrogens is 373 g/mol. The molecule has 3 rings (SSSR count). The molecule has 0 spiro atoms. The molecule has 3 heterocycles. The fraction of sp³-hybridized carbons (Fsp3) is 0.357. The summed E-state index contributed by atoms with van der Waals surface area (Å²) in [4.78, 5) is 11.6. The summed E-state index contributed by atoms with van der Waals surface area (Å²) in [7, 11) is -0.722. The largest absolute Gasteiger partial charge is 0.433 e. The van der Waals surface area contributed by atoms with Crippen molar-refractivity contribution in [3.63, 3.8) is 0 Å². The summed E-state index contributed by atoms with van der Waals surface area (Å²) >= 11 is 0. The maximum Gasteiger partial charge on any atom is 0.433 e. The van der Waals surface area contributed by atoms with Gasteiger partial charge in [-0.2, -0.15) is 13.2 Å². The molecule has 26 heavy (non-hydrogen) atoms. The van der Waals surface area contributed by atoms with E-state index in [0.29, 0.717) is 5.52 Å². The predicted molar refractivity (Wildman–Crippen MR) is 87.9 cm³/mol. The number of pyridine rings is 1. The lowest BCUT2D eigenvalue weighted by Crippen LogP contribution is -2.12. The maximum absolute atomic E-state index is 12.9. The van der Waals surface area contributed by atoms with Crippen LogP contribution >= 0.6 is 0 Å². The number of hydrogen-bond donors (Lipinski definition) is 1. The van der Waals surface area contributed by atoms with Crippen molar-refractivity contribution in [2.75, 3.05) is 11.5 Å². The number of alkyl halides is 3. The second-order valence-electron chi connectivity index (χ2n) is 5.64. The highest BCUT2D eigenvalue weighted by Gasteiger charge is 2.34. The normalized spacial score (nSPS) is 12.8. The van der Waals surface area contributed by atoms with Gasteiger partial charge in [0.05, 0.1) is 23.0 Å². The predicted octanol–water partition coefficient (Wildman–Crippen LogP) is 1.76. The van der Waals surface area contributed by atoms with E-state index in [4.69, 9.17) is 5.73 Å².